The number of hydrogen-bond donors (Lipinski definition) is 2. The van der Waals surface area contributed by atoms with E-state index >= 15 is 0 Å². The molecule has 0 saturated carbocycles. The van der Waals surface area contributed by atoms with Crippen LogP contribution in [-0.2, 0) is 0 Å². The minimum absolute atomic E-state index is 0.233. The van der Waals surface area contributed by atoms with Gasteiger partial charge < -0.3 is 10.2 Å². The van der Waals surface area contributed by atoms with Crippen LogP contribution in [0.5, 0.6) is 0 Å². The third kappa shape index (κ3) is 2.00. The molecule has 0 heterocycles. The summed E-state index contributed by atoms with van der Waals surface area (Å²) in [7, 11) is 0. The normalized spacial score (nSPS) is 11.4. The predicted octanol–water partition coefficient (Wildman–Crippen LogP) is 0.860. The van der Waals surface area contributed by atoms with E-state index < -0.39 is 5.41 Å². The molecule has 2 N–H and O–H groups in total. The van der Waals surface area contributed by atoms with Crippen molar-refractivity contribution in [2.45, 2.75) is 6.92 Å². The summed E-state index contributed by atoms with van der Waals surface area (Å²) in [4.78, 5) is 11.8. The summed E-state index contributed by atoms with van der Waals surface area (Å²) in [5, 5.41) is 18.1. The van der Waals surface area contributed by atoms with Crippen LogP contribution in [0.2, 0.25) is 0 Å². The zero-order valence-electron chi connectivity index (χ0n) is 8.10. The van der Waals surface area contributed by atoms with Crippen molar-refractivity contribution >= 4 is 5.78 Å². The molecule has 14 heavy (non-hydrogen) atoms. The van der Waals surface area contributed by atoms with Crippen LogP contribution in [0.1, 0.15) is 17.3 Å². The highest BCUT2D eigenvalue weighted by molar-refractivity contribution is 6.00. The Morgan fingerprint density at radius 1 is 1.21 bits per heavy atom. The lowest BCUT2D eigenvalue weighted by molar-refractivity contribution is 0.0482. The van der Waals surface area contributed by atoms with Crippen LogP contribution in [0.15, 0.2) is 30.3 Å². The van der Waals surface area contributed by atoms with E-state index in [-0.39, 0.29) is 19.0 Å². The Hall–Kier alpha value is -1.19. The second kappa shape index (κ2) is 4.35. The molecule has 0 bridgehead atoms. The molecule has 0 aliphatic rings. The Balaban J connectivity index is 2.95. The Morgan fingerprint density at radius 2 is 1.71 bits per heavy atom. The van der Waals surface area contributed by atoms with Gasteiger partial charge >= 0.3 is 0 Å². The van der Waals surface area contributed by atoms with Crippen molar-refractivity contribution in [1.82, 2.24) is 0 Å². The van der Waals surface area contributed by atoms with Crippen LogP contribution in [0.4, 0.5) is 0 Å². The molecule has 76 valence electrons. The van der Waals surface area contributed by atoms with Gasteiger partial charge in [0.05, 0.1) is 18.6 Å². The van der Waals surface area contributed by atoms with E-state index in [1.54, 1.807) is 31.2 Å². The number of carbonyl (C=O) groups excluding carboxylic acids is 1. The van der Waals surface area contributed by atoms with E-state index in [9.17, 15) is 4.79 Å². The first-order valence-electron chi connectivity index (χ1n) is 4.45. The summed E-state index contributed by atoms with van der Waals surface area (Å²) < 4.78 is 0. The molecule has 0 unspecified atom stereocenters. The Bertz CT molecular complexity index is 302. The van der Waals surface area contributed by atoms with Crippen molar-refractivity contribution in [2.24, 2.45) is 5.41 Å². The summed E-state index contributed by atoms with van der Waals surface area (Å²) in [6, 6.07) is 8.66. The number of rotatable bonds is 4. The third-order valence-electron chi connectivity index (χ3n) is 2.28. The van der Waals surface area contributed by atoms with Crippen LogP contribution in [-0.4, -0.2) is 29.2 Å². The minimum atomic E-state index is -1.08. The zero-order chi connectivity index (χ0) is 10.6. The molecule has 1 aromatic carbocycles. The number of Topliss-reactive ketones (excluding diaryl/α,β-unsaturated/α-hetero) is 1. The number of aliphatic hydroxyl groups excluding tert-OH is 2. The maximum absolute atomic E-state index is 11.8. The van der Waals surface area contributed by atoms with E-state index in [2.05, 4.69) is 0 Å². The second-order valence-electron chi connectivity index (χ2n) is 3.57. The fraction of sp³-hybridized carbons (Fsp3) is 0.364. The van der Waals surface area contributed by atoms with Gasteiger partial charge in [0.2, 0.25) is 0 Å². The number of hydrogen-bond acceptors (Lipinski definition) is 3. The number of ketones is 1. The summed E-state index contributed by atoms with van der Waals surface area (Å²) in [5.41, 5.74) is -0.570. The van der Waals surface area contributed by atoms with Crippen LogP contribution in [0, 0.1) is 5.41 Å². The van der Waals surface area contributed by atoms with Crippen molar-refractivity contribution in [3.63, 3.8) is 0 Å². The summed E-state index contributed by atoms with van der Waals surface area (Å²) in [6.45, 7) is 0.844. The van der Waals surface area contributed by atoms with E-state index in [4.69, 9.17) is 10.2 Å². The van der Waals surface area contributed by atoms with Gasteiger partial charge in [0.15, 0.2) is 5.78 Å². The second-order valence-corrected chi connectivity index (χ2v) is 3.57. The van der Waals surface area contributed by atoms with Crippen molar-refractivity contribution < 1.29 is 15.0 Å². The van der Waals surface area contributed by atoms with Gasteiger partial charge in [-0.3, -0.25) is 4.79 Å². The van der Waals surface area contributed by atoms with Crippen LogP contribution in [0.25, 0.3) is 0 Å². The molecule has 0 aromatic heterocycles. The highest BCUT2D eigenvalue weighted by atomic mass is 16.3. The van der Waals surface area contributed by atoms with Crippen LogP contribution < -0.4 is 0 Å². The van der Waals surface area contributed by atoms with Crippen LogP contribution >= 0.6 is 0 Å². The number of carbonyl (C=O) groups is 1. The van der Waals surface area contributed by atoms with Gasteiger partial charge in [-0.1, -0.05) is 30.3 Å². The molecule has 1 aromatic rings. The molecular weight excluding hydrogens is 180 g/mol. The lowest BCUT2D eigenvalue weighted by Gasteiger charge is -2.22. The topological polar surface area (TPSA) is 57.5 Å². The quantitative estimate of drug-likeness (QED) is 0.699. The minimum Gasteiger partial charge on any atom is -0.395 e. The predicted molar refractivity (Wildman–Crippen MR) is 53.1 cm³/mol. The first-order chi connectivity index (χ1) is 6.64. The molecule has 0 spiro atoms. The molecule has 0 fully saturated rings. The highest BCUT2D eigenvalue weighted by Gasteiger charge is 2.32. The zero-order valence-corrected chi connectivity index (χ0v) is 8.10. The molecule has 0 saturated heterocycles. The highest BCUT2D eigenvalue weighted by Crippen LogP contribution is 2.20. The molecule has 1 rings (SSSR count). The van der Waals surface area contributed by atoms with Gasteiger partial charge in [0.25, 0.3) is 0 Å². The van der Waals surface area contributed by atoms with Gasteiger partial charge in [-0.15, -0.1) is 0 Å². The molecule has 3 nitrogen and oxygen atoms in total. The van der Waals surface area contributed by atoms with Crippen molar-refractivity contribution in [1.29, 1.82) is 0 Å². The smallest absolute Gasteiger partial charge is 0.173 e. The standard InChI is InChI=1S/C11H14O3/c1-11(7-12,8-13)10(14)9-5-3-2-4-6-9/h2-6,12-13H,7-8H2,1H3. The van der Waals surface area contributed by atoms with Gasteiger partial charge in [-0.2, -0.15) is 0 Å². The fourth-order valence-electron chi connectivity index (χ4n) is 1.13. The first-order valence-corrected chi connectivity index (χ1v) is 4.45. The number of aliphatic hydroxyl groups is 2. The lowest BCUT2D eigenvalue weighted by atomic mass is 9.84. The average molecular weight is 194 g/mol. The van der Waals surface area contributed by atoms with Gasteiger partial charge in [-0.05, 0) is 6.92 Å². The SMILES string of the molecule is CC(CO)(CO)C(=O)c1ccccc1. The first kappa shape index (κ1) is 10.9. The Morgan fingerprint density at radius 3 is 2.14 bits per heavy atom. The molecule has 0 aliphatic heterocycles. The number of benzene rings is 1. The molecule has 0 aliphatic carbocycles. The van der Waals surface area contributed by atoms with E-state index in [1.165, 1.54) is 0 Å². The summed E-state index contributed by atoms with van der Waals surface area (Å²) >= 11 is 0. The lowest BCUT2D eigenvalue weighted by Crippen LogP contribution is -2.35. The largest absolute Gasteiger partial charge is 0.395 e. The molecule has 0 radical (unpaired) electrons. The summed E-state index contributed by atoms with van der Waals surface area (Å²) in [5.74, 6) is -0.233. The van der Waals surface area contributed by atoms with Crippen molar-refractivity contribution in [3.8, 4) is 0 Å². The van der Waals surface area contributed by atoms with Gasteiger partial charge in [0, 0.05) is 5.56 Å². The fourth-order valence-corrected chi connectivity index (χ4v) is 1.13. The van der Waals surface area contributed by atoms with E-state index in [0.29, 0.717) is 5.56 Å². The summed E-state index contributed by atoms with van der Waals surface area (Å²) in [6.07, 6.45) is 0. The van der Waals surface area contributed by atoms with Gasteiger partial charge in [-0.25, -0.2) is 0 Å². The van der Waals surface area contributed by atoms with Crippen LogP contribution in [0.3, 0.4) is 0 Å². The maximum Gasteiger partial charge on any atom is 0.173 e. The Kier molecular flexibility index (Phi) is 3.38. The molecular formula is C11H14O3. The Labute approximate surface area is 83.0 Å². The van der Waals surface area contributed by atoms with E-state index in [1.807, 2.05) is 6.07 Å². The average Bonchev–Trinajstić information content (AvgIpc) is 2.28. The van der Waals surface area contributed by atoms with Gasteiger partial charge in [0.1, 0.15) is 0 Å². The molecule has 3 heteroatoms. The molecule has 0 amide bonds. The van der Waals surface area contributed by atoms with Crippen molar-refractivity contribution in [3.05, 3.63) is 35.9 Å². The third-order valence-corrected chi connectivity index (χ3v) is 2.28. The maximum atomic E-state index is 11.8. The van der Waals surface area contributed by atoms with Crippen molar-refractivity contribution in [2.75, 3.05) is 13.2 Å². The monoisotopic (exact) mass is 194 g/mol. The molecule has 0 atom stereocenters. The van der Waals surface area contributed by atoms with E-state index in [0.717, 1.165) is 0 Å².